The van der Waals surface area contributed by atoms with Gasteiger partial charge in [-0.25, -0.2) is 0 Å². The molecule has 0 saturated carbocycles. The summed E-state index contributed by atoms with van der Waals surface area (Å²) in [6.45, 7) is 12.6. The lowest BCUT2D eigenvalue weighted by molar-refractivity contribution is 0.540. The zero-order valence-electron chi connectivity index (χ0n) is 8.22. The first-order chi connectivity index (χ1) is 4.95. The van der Waals surface area contributed by atoms with E-state index in [9.17, 15) is 0 Å². The molecule has 0 nitrogen and oxygen atoms in total. The second-order valence-electron chi connectivity index (χ2n) is 4.22. The zero-order valence-corrected chi connectivity index (χ0v) is 8.22. The maximum absolute atomic E-state index is 3.74. The molecule has 0 aromatic carbocycles. The van der Waals surface area contributed by atoms with Crippen LogP contribution in [0.1, 0.15) is 34.1 Å². The number of rotatable bonds is 3. The fourth-order valence-electron chi connectivity index (χ4n) is 0.732. The van der Waals surface area contributed by atoms with Crippen LogP contribution in [0.25, 0.3) is 0 Å². The van der Waals surface area contributed by atoms with Gasteiger partial charge in [-0.05, 0) is 17.8 Å². The van der Waals surface area contributed by atoms with Gasteiger partial charge in [0.05, 0.1) is 0 Å². The molecule has 64 valence electrons. The highest BCUT2D eigenvalue weighted by molar-refractivity contribution is 4.94. The molecule has 0 spiro atoms. The predicted octanol–water partition coefficient (Wildman–Crippen LogP) is 3.80. The first-order valence-electron chi connectivity index (χ1n) is 4.26. The quantitative estimate of drug-likeness (QED) is 0.539. The minimum Gasteiger partial charge on any atom is -0.103 e. The van der Waals surface area contributed by atoms with Gasteiger partial charge in [-0.15, -0.1) is 6.58 Å². The van der Waals surface area contributed by atoms with Crippen molar-refractivity contribution in [3.63, 3.8) is 0 Å². The molecule has 0 N–H and O–H groups in total. The Kier molecular flexibility index (Phi) is 4.17. The molecule has 0 rings (SSSR count). The summed E-state index contributed by atoms with van der Waals surface area (Å²) >= 11 is 0. The van der Waals surface area contributed by atoms with Gasteiger partial charge < -0.3 is 0 Å². The van der Waals surface area contributed by atoms with Crippen molar-refractivity contribution >= 4 is 0 Å². The lowest BCUT2D eigenvalue weighted by atomic mass is 9.95. The first-order valence-corrected chi connectivity index (χ1v) is 4.26. The van der Waals surface area contributed by atoms with Gasteiger partial charge in [-0.2, -0.15) is 0 Å². The third kappa shape index (κ3) is 7.38. The van der Waals surface area contributed by atoms with E-state index in [1.54, 1.807) is 0 Å². The Morgan fingerprint density at radius 2 is 1.91 bits per heavy atom. The van der Waals surface area contributed by atoms with Gasteiger partial charge in [0.15, 0.2) is 0 Å². The van der Waals surface area contributed by atoms with E-state index in [0.717, 1.165) is 6.42 Å². The Labute approximate surface area is 71.0 Å². The SMILES string of the molecule is C=CC(C)CC=CC(C)(C)C. The zero-order chi connectivity index (χ0) is 8.91. The summed E-state index contributed by atoms with van der Waals surface area (Å²) in [5, 5.41) is 0. The van der Waals surface area contributed by atoms with Gasteiger partial charge in [-0.3, -0.25) is 0 Å². The van der Waals surface area contributed by atoms with Crippen molar-refractivity contribution in [1.82, 2.24) is 0 Å². The van der Waals surface area contributed by atoms with Crippen LogP contribution in [-0.4, -0.2) is 0 Å². The lowest BCUT2D eigenvalue weighted by Gasteiger charge is -2.11. The average Bonchev–Trinajstić information content (AvgIpc) is 1.85. The summed E-state index contributed by atoms with van der Waals surface area (Å²) in [5.41, 5.74) is 0.320. The maximum Gasteiger partial charge on any atom is -0.0203 e. The lowest BCUT2D eigenvalue weighted by Crippen LogP contribution is -1.98. The molecule has 0 heteroatoms. The minimum atomic E-state index is 0.320. The summed E-state index contributed by atoms with van der Waals surface area (Å²) in [5.74, 6) is 0.605. The fraction of sp³-hybridized carbons (Fsp3) is 0.636. The van der Waals surface area contributed by atoms with Crippen molar-refractivity contribution in [3.05, 3.63) is 24.8 Å². The highest BCUT2D eigenvalue weighted by Crippen LogP contribution is 2.16. The molecule has 0 fully saturated rings. The third-order valence-electron chi connectivity index (χ3n) is 1.53. The van der Waals surface area contributed by atoms with Gasteiger partial charge >= 0.3 is 0 Å². The minimum absolute atomic E-state index is 0.320. The van der Waals surface area contributed by atoms with Crippen molar-refractivity contribution in [2.45, 2.75) is 34.1 Å². The summed E-state index contributed by atoms with van der Waals surface area (Å²) in [6.07, 6.45) is 7.60. The third-order valence-corrected chi connectivity index (χ3v) is 1.53. The molecule has 0 saturated heterocycles. The van der Waals surface area contributed by atoms with E-state index in [2.05, 4.69) is 46.4 Å². The van der Waals surface area contributed by atoms with Crippen LogP contribution >= 0.6 is 0 Å². The molecule has 1 atom stereocenters. The van der Waals surface area contributed by atoms with Crippen molar-refractivity contribution in [3.8, 4) is 0 Å². The van der Waals surface area contributed by atoms with Crippen molar-refractivity contribution in [2.75, 3.05) is 0 Å². The molecule has 0 bridgehead atoms. The Morgan fingerprint density at radius 1 is 1.36 bits per heavy atom. The molecular formula is C11H20. The molecule has 0 aliphatic carbocycles. The normalized spacial score (nSPS) is 15.3. The van der Waals surface area contributed by atoms with E-state index >= 15 is 0 Å². The molecule has 0 aromatic rings. The van der Waals surface area contributed by atoms with Gasteiger partial charge in [0, 0.05) is 0 Å². The largest absolute Gasteiger partial charge is 0.103 e. The number of allylic oxidation sites excluding steroid dienone is 3. The molecule has 1 unspecified atom stereocenters. The van der Waals surface area contributed by atoms with E-state index in [-0.39, 0.29) is 0 Å². The fourth-order valence-corrected chi connectivity index (χ4v) is 0.732. The van der Waals surface area contributed by atoms with Crippen LogP contribution in [0.2, 0.25) is 0 Å². The Hall–Kier alpha value is -0.520. The molecule has 0 aromatic heterocycles. The average molecular weight is 152 g/mol. The summed E-state index contributed by atoms with van der Waals surface area (Å²) < 4.78 is 0. The highest BCUT2D eigenvalue weighted by Gasteiger charge is 2.02. The van der Waals surface area contributed by atoms with Gasteiger partial charge in [0.2, 0.25) is 0 Å². The van der Waals surface area contributed by atoms with Crippen LogP contribution in [0, 0.1) is 11.3 Å². The molecule has 0 heterocycles. The maximum atomic E-state index is 3.74. The molecular weight excluding hydrogens is 132 g/mol. The number of hydrogen-bond acceptors (Lipinski definition) is 0. The van der Waals surface area contributed by atoms with Crippen LogP contribution in [0.15, 0.2) is 24.8 Å². The van der Waals surface area contributed by atoms with E-state index in [1.165, 1.54) is 0 Å². The van der Waals surface area contributed by atoms with Crippen LogP contribution in [-0.2, 0) is 0 Å². The highest BCUT2D eigenvalue weighted by atomic mass is 14.1. The molecule has 11 heavy (non-hydrogen) atoms. The van der Waals surface area contributed by atoms with E-state index in [4.69, 9.17) is 0 Å². The van der Waals surface area contributed by atoms with E-state index in [0.29, 0.717) is 11.3 Å². The Bertz CT molecular complexity index is 135. The molecule has 0 aliphatic heterocycles. The second-order valence-corrected chi connectivity index (χ2v) is 4.22. The van der Waals surface area contributed by atoms with Crippen LogP contribution < -0.4 is 0 Å². The Morgan fingerprint density at radius 3 is 2.27 bits per heavy atom. The van der Waals surface area contributed by atoms with Crippen LogP contribution in [0.4, 0.5) is 0 Å². The predicted molar refractivity (Wildman–Crippen MR) is 52.6 cm³/mol. The second kappa shape index (κ2) is 4.38. The molecule has 0 amide bonds. The van der Waals surface area contributed by atoms with Gasteiger partial charge in [0.25, 0.3) is 0 Å². The molecule has 0 aliphatic rings. The summed E-state index contributed by atoms with van der Waals surface area (Å²) in [4.78, 5) is 0. The molecule has 0 radical (unpaired) electrons. The van der Waals surface area contributed by atoms with Crippen molar-refractivity contribution in [2.24, 2.45) is 11.3 Å². The standard InChI is InChI=1S/C11H20/c1-6-10(2)8-7-9-11(3,4)5/h6-7,9-10H,1,8H2,2-5H3. The van der Waals surface area contributed by atoms with Crippen molar-refractivity contribution < 1.29 is 0 Å². The van der Waals surface area contributed by atoms with E-state index < -0.39 is 0 Å². The smallest absolute Gasteiger partial charge is 0.0203 e. The summed E-state index contributed by atoms with van der Waals surface area (Å²) in [7, 11) is 0. The van der Waals surface area contributed by atoms with Gasteiger partial charge in [-0.1, -0.05) is 45.9 Å². The van der Waals surface area contributed by atoms with Crippen LogP contribution in [0.3, 0.4) is 0 Å². The van der Waals surface area contributed by atoms with E-state index in [1.807, 2.05) is 6.08 Å². The van der Waals surface area contributed by atoms with Gasteiger partial charge in [0.1, 0.15) is 0 Å². The Balaban J connectivity index is 3.69. The van der Waals surface area contributed by atoms with Crippen LogP contribution in [0.5, 0.6) is 0 Å². The van der Waals surface area contributed by atoms with Crippen molar-refractivity contribution in [1.29, 1.82) is 0 Å². The topological polar surface area (TPSA) is 0 Å². The monoisotopic (exact) mass is 152 g/mol. The first kappa shape index (κ1) is 10.5. The summed E-state index contributed by atoms with van der Waals surface area (Å²) in [6, 6.07) is 0. The number of hydrogen-bond donors (Lipinski definition) is 0.